The Kier molecular flexibility index (Phi) is 2.93. The SMILES string of the molecule is Nc1csc2nc(CCc3ccccc3Cl)nn12. The molecule has 0 amide bonds. The van der Waals surface area contributed by atoms with E-state index in [4.69, 9.17) is 17.3 Å². The fourth-order valence-electron chi connectivity index (χ4n) is 1.80. The molecule has 0 unspecified atom stereocenters. The predicted octanol–water partition coefficient (Wildman–Crippen LogP) is 2.81. The Morgan fingerprint density at radius 3 is 2.89 bits per heavy atom. The van der Waals surface area contributed by atoms with Crippen LogP contribution in [0.25, 0.3) is 4.96 Å². The number of nitrogens with zero attached hydrogens (tertiary/aromatic N) is 3. The lowest BCUT2D eigenvalue weighted by molar-refractivity contribution is 0.842. The fourth-order valence-corrected chi connectivity index (χ4v) is 2.76. The second-order valence-corrected chi connectivity index (χ2v) is 5.22. The van der Waals surface area contributed by atoms with E-state index >= 15 is 0 Å². The van der Waals surface area contributed by atoms with Crippen LogP contribution in [0.4, 0.5) is 5.82 Å². The number of thiazole rings is 1. The summed E-state index contributed by atoms with van der Waals surface area (Å²) < 4.78 is 1.67. The van der Waals surface area contributed by atoms with Gasteiger partial charge in [0.1, 0.15) is 5.82 Å². The Morgan fingerprint density at radius 1 is 1.28 bits per heavy atom. The highest BCUT2D eigenvalue weighted by atomic mass is 35.5. The Morgan fingerprint density at radius 2 is 2.11 bits per heavy atom. The van der Waals surface area contributed by atoms with Gasteiger partial charge in [0, 0.05) is 16.8 Å². The maximum Gasteiger partial charge on any atom is 0.214 e. The molecule has 2 N–H and O–H groups in total. The van der Waals surface area contributed by atoms with Crippen molar-refractivity contribution in [1.29, 1.82) is 0 Å². The van der Waals surface area contributed by atoms with Crippen molar-refractivity contribution in [2.45, 2.75) is 12.8 Å². The molecule has 0 aliphatic carbocycles. The minimum atomic E-state index is 0.631. The number of hydrogen-bond acceptors (Lipinski definition) is 4. The molecule has 2 aromatic heterocycles. The summed E-state index contributed by atoms with van der Waals surface area (Å²) in [4.78, 5) is 5.26. The van der Waals surface area contributed by atoms with Gasteiger partial charge in [0.25, 0.3) is 0 Å². The number of hydrogen-bond donors (Lipinski definition) is 1. The smallest absolute Gasteiger partial charge is 0.214 e. The minimum Gasteiger partial charge on any atom is -0.383 e. The van der Waals surface area contributed by atoms with Crippen LogP contribution in [0.1, 0.15) is 11.4 Å². The van der Waals surface area contributed by atoms with E-state index in [1.54, 1.807) is 4.52 Å². The lowest BCUT2D eigenvalue weighted by atomic mass is 10.1. The van der Waals surface area contributed by atoms with E-state index < -0.39 is 0 Å². The average molecular weight is 279 g/mol. The molecule has 0 saturated heterocycles. The van der Waals surface area contributed by atoms with Gasteiger partial charge in [-0.05, 0) is 18.1 Å². The summed E-state index contributed by atoms with van der Waals surface area (Å²) in [6.45, 7) is 0. The topological polar surface area (TPSA) is 56.2 Å². The molecule has 2 heterocycles. The highest BCUT2D eigenvalue weighted by Crippen LogP contribution is 2.19. The minimum absolute atomic E-state index is 0.631. The number of aryl methyl sites for hydroxylation is 2. The van der Waals surface area contributed by atoms with Gasteiger partial charge >= 0.3 is 0 Å². The lowest BCUT2D eigenvalue weighted by Crippen LogP contribution is -1.97. The molecule has 4 nitrogen and oxygen atoms in total. The van der Waals surface area contributed by atoms with Gasteiger partial charge in [-0.2, -0.15) is 4.52 Å². The Hall–Kier alpha value is -1.59. The van der Waals surface area contributed by atoms with Gasteiger partial charge in [-0.3, -0.25) is 0 Å². The molecule has 1 aromatic carbocycles. The molecule has 0 radical (unpaired) electrons. The zero-order valence-electron chi connectivity index (χ0n) is 9.51. The van der Waals surface area contributed by atoms with Gasteiger partial charge in [0.05, 0.1) is 0 Å². The van der Waals surface area contributed by atoms with Crippen LogP contribution in [-0.4, -0.2) is 14.6 Å². The third-order valence-corrected chi connectivity index (χ3v) is 3.93. The molecule has 3 aromatic rings. The molecule has 92 valence electrons. The number of fused-ring (bicyclic) bond motifs is 1. The molecule has 0 spiro atoms. The van der Waals surface area contributed by atoms with Crippen LogP contribution in [0.5, 0.6) is 0 Å². The molecule has 3 rings (SSSR count). The molecule has 0 fully saturated rings. The Labute approximate surface area is 113 Å². The first-order chi connectivity index (χ1) is 8.74. The molecule has 0 aliphatic heterocycles. The average Bonchev–Trinajstić information content (AvgIpc) is 2.91. The van der Waals surface area contributed by atoms with Crippen LogP contribution in [0.3, 0.4) is 0 Å². The molecule has 0 aliphatic rings. The van der Waals surface area contributed by atoms with Crippen LogP contribution < -0.4 is 5.73 Å². The second-order valence-electron chi connectivity index (χ2n) is 3.97. The van der Waals surface area contributed by atoms with Crippen molar-refractivity contribution in [3.63, 3.8) is 0 Å². The van der Waals surface area contributed by atoms with Gasteiger partial charge in [-0.15, -0.1) is 16.4 Å². The Bertz CT molecular complexity index is 688. The number of nitrogen functional groups attached to an aromatic ring is 1. The zero-order valence-corrected chi connectivity index (χ0v) is 11.1. The van der Waals surface area contributed by atoms with E-state index in [1.165, 1.54) is 11.3 Å². The number of rotatable bonds is 3. The van der Waals surface area contributed by atoms with Gasteiger partial charge in [0.15, 0.2) is 5.82 Å². The van der Waals surface area contributed by atoms with Gasteiger partial charge < -0.3 is 5.73 Å². The van der Waals surface area contributed by atoms with E-state index in [2.05, 4.69) is 10.1 Å². The second kappa shape index (κ2) is 4.59. The van der Waals surface area contributed by atoms with E-state index in [1.807, 2.05) is 29.6 Å². The predicted molar refractivity (Wildman–Crippen MR) is 74.1 cm³/mol. The fraction of sp³-hybridized carbons (Fsp3) is 0.167. The van der Waals surface area contributed by atoms with Crippen molar-refractivity contribution in [3.8, 4) is 0 Å². The van der Waals surface area contributed by atoms with Gasteiger partial charge in [-0.25, -0.2) is 4.98 Å². The number of benzene rings is 1. The summed E-state index contributed by atoms with van der Waals surface area (Å²) in [7, 11) is 0. The standard InChI is InChI=1S/C12H11ClN4S/c13-9-4-2-1-3-8(9)5-6-11-15-12-17(16-11)10(14)7-18-12/h1-4,7H,5-6,14H2. The van der Waals surface area contributed by atoms with Crippen molar-refractivity contribution in [3.05, 3.63) is 46.1 Å². The van der Waals surface area contributed by atoms with Crippen LogP contribution in [0, 0.1) is 0 Å². The van der Waals surface area contributed by atoms with E-state index in [-0.39, 0.29) is 0 Å². The number of nitrogens with two attached hydrogens (primary N) is 1. The third-order valence-electron chi connectivity index (χ3n) is 2.73. The highest BCUT2D eigenvalue weighted by Gasteiger charge is 2.08. The van der Waals surface area contributed by atoms with Crippen molar-refractivity contribution in [2.24, 2.45) is 0 Å². The first kappa shape index (κ1) is 11.5. The summed E-state index contributed by atoms with van der Waals surface area (Å²) in [5.41, 5.74) is 6.89. The quantitative estimate of drug-likeness (QED) is 0.801. The van der Waals surface area contributed by atoms with E-state index in [0.29, 0.717) is 5.82 Å². The van der Waals surface area contributed by atoms with Gasteiger partial charge in [-0.1, -0.05) is 29.8 Å². The normalized spacial score (nSPS) is 11.2. The summed E-state index contributed by atoms with van der Waals surface area (Å²) in [6, 6.07) is 7.83. The van der Waals surface area contributed by atoms with E-state index in [9.17, 15) is 0 Å². The maximum absolute atomic E-state index is 6.11. The maximum atomic E-state index is 6.11. The molecule has 18 heavy (non-hydrogen) atoms. The number of anilines is 1. The van der Waals surface area contributed by atoms with Crippen LogP contribution >= 0.6 is 22.9 Å². The Balaban J connectivity index is 1.79. The monoisotopic (exact) mass is 278 g/mol. The molecule has 0 bridgehead atoms. The number of aromatic nitrogens is 3. The third kappa shape index (κ3) is 2.07. The van der Waals surface area contributed by atoms with Crippen molar-refractivity contribution in [1.82, 2.24) is 14.6 Å². The van der Waals surface area contributed by atoms with E-state index in [0.717, 1.165) is 34.2 Å². The van der Waals surface area contributed by atoms with Crippen LogP contribution in [0.15, 0.2) is 29.6 Å². The van der Waals surface area contributed by atoms with Gasteiger partial charge in [0.2, 0.25) is 4.96 Å². The first-order valence-corrected chi connectivity index (χ1v) is 6.82. The largest absolute Gasteiger partial charge is 0.383 e. The van der Waals surface area contributed by atoms with Crippen molar-refractivity contribution in [2.75, 3.05) is 5.73 Å². The zero-order chi connectivity index (χ0) is 12.5. The van der Waals surface area contributed by atoms with Crippen LogP contribution in [0.2, 0.25) is 5.02 Å². The summed E-state index contributed by atoms with van der Waals surface area (Å²) in [6.07, 6.45) is 1.59. The molecule has 6 heteroatoms. The first-order valence-electron chi connectivity index (χ1n) is 5.56. The van der Waals surface area contributed by atoms with Crippen molar-refractivity contribution >= 4 is 33.7 Å². The summed E-state index contributed by atoms with van der Waals surface area (Å²) >= 11 is 7.61. The lowest BCUT2D eigenvalue weighted by Gasteiger charge is -2.00. The molecule has 0 saturated carbocycles. The summed E-state index contributed by atoms with van der Waals surface area (Å²) in [5, 5.41) is 7.00. The molecular weight excluding hydrogens is 268 g/mol. The number of halogens is 1. The van der Waals surface area contributed by atoms with Crippen molar-refractivity contribution < 1.29 is 0 Å². The molecule has 0 atom stereocenters. The highest BCUT2D eigenvalue weighted by molar-refractivity contribution is 7.15. The summed E-state index contributed by atoms with van der Waals surface area (Å²) in [5.74, 6) is 1.43. The molecular formula is C12H11ClN4S. The van der Waals surface area contributed by atoms with Crippen LogP contribution in [-0.2, 0) is 12.8 Å².